The Morgan fingerprint density at radius 3 is 3.06 bits per heavy atom. The molecule has 2 N–H and O–H groups in total. The Balaban J connectivity index is 2.11. The summed E-state index contributed by atoms with van der Waals surface area (Å²) in [5.41, 5.74) is 2.13. The van der Waals surface area contributed by atoms with Crippen LogP contribution in [0, 0.1) is 6.92 Å². The topological polar surface area (TPSA) is 66.9 Å². The SMILES string of the molecule is CNC(=O)CCNc1ncnc2c(C)csc12. The van der Waals surface area contributed by atoms with E-state index in [0.717, 1.165) is 21.6 Å². The zero-order valence-corrected chi connectivity index (χ0v) is 10.6. The van der Waals surface area contributed by atoms with Crippen molar-refractivity contribution in [2.45, 2.75) is 13.3 Å². The molecule has 2 aromatic heterocycles. The maximum atomic E-state index is 11.1. The van der Waals surface area contributed by atoms with Gasteiger partial charge in [0.1, 0.15) is 12.1 Å². The first-order valence-electron chi connectivity index (χ1n) is 5.35. The number of aromatic nitrogens is 2. The van der Waals surface area contributed by atoms with Crippen LogP contribution in [0.3, 0.4) is 0 Å². The molecule has 0 saturated carbocycles. The van der Waals surface area contributed by atoms with Gasteiger partial charge in [-0.3, -0.25) is 4.79 Å². The van der Waals surface area contributed by atoms with Gasteiger partial charge in [-0.15, -0.1) is 11.3 Å². The lowest BCUT2D eigenvalue weighted by Crippen LogP contribution is -2.21. The first-order chi connectivity index (χ1) is 8.22. The second-order valence-corrected chi connectivity index (χ2v) is 4.55. The fourth-order valence-electron chi connectivity index (χ4n) is 1.51. The molecule has 1 amide bonds. The fraction of sp³-hybridized carbons (Fsp3) is 0.364. The second kappa shape index (κ2) is 5.09. The third-order valence-electron chi connectivity index (χ3n) is 2.45. The van der Waals surface area contributed by atoms with E-state index in [9.17, 15) is 4.79 Å². The molecule has 0 aliphatic carbocycles. The van der Waals surface area contributed by atoms with Crippen LogP contribution in [0.4, 0.5) is 5.82 Å². The molecular weight excluding hydrogens is 236 g/mol. The number of carbonyl (C=O) groups is 1. The van der Waals surface area contributed by atoms with Crippen LogP contribution in [-0.4, -0.2) is 29.5 Å². The van der Waals surface area contributed by atoms with Crippen LogP contribution in [0.25, 0.3) is 10.2 Å². The standard InChI is InChI=1S/C11H14N4OS/c1-7-5-17-10-9(7)14-6-15-11(10)13-4-3-8(16)12-2/h5-6H,3-4H2,1-2H3,(H,12,16)(H,13,14,15). The van der Waals surface area contributed by atoms with Crippen LogP contribution in [0.5, 0.6) is 0 Å². The Kier molecular flexibility index (Phi) is 3.53. The van der Waals surface area contributed by atoms with E-state index in [1.54, 1.807) is 24.7 Å². The van der Waals surface area contributed by atoms with Gasteiger partial charge in [-0.1, -0.05) is 0 Å². The minimum Gasteiger partial charge on any atom is -0.368 e. The number of anilines is 1. The van der Waals surface area contributed by atoms with E-state index in [2.05, 4.69) is 26.0 Å². The molecule has 0 aliphatic rings. The summed E-state index contributed by atoms with van der Waals surface area (Å²) in [6, 6.07) is 0. The molecule has 2 rings (SSSR count). The summed E-state index contributed by atoms with van der Waals surface area (Å²) in [6.45, 7) is 2.60. The number of fused-ring (bicyclic) bond motifs is 1. The average molecular weight is 250 g/mol. The number of nitrogens with one attached hydrogen (secondary N) is 2. The van der Waals surface area contributed by atoms with Crippen molar-refractivity contribution < 1.29 is 4.79 Å². The summed E-state index contributed by atoms with van der Waals surface area (Å²) < 4.78 is 1.04. The maximum absolute atomic E-state index is 11.1. The van der Waals surface area contributed by atoms with Gasteiger partial charge in [-0.05, 0) is 17.9 Å². The van der Waals surface area contributed by atoms with Crippen LogP contribution in [0.2, 0.25) is 0 Å². The van der Waals surface area contributed by atoms with Gasteiger partial charge in [0.15, 0.2) is 0 Å². The molecule has 0 saturated heterocycles. The van der Waals surface area contributed by atoms with Crippen LogP contribution in [0.1, 0.15) is 12.0 Å². The molecule has 2 aromatic rings. The number of rotatable bonds is 4. The number of hydrogen-bond acceptors (Lipinski definition) is 5. The van der Waals surface area contributed by atoms with Gasteiger partial charge in [0, 0.05) is 20.0 Å². The van der Waals surface area contributed by atoms with Crippen molar-refractivity contribution in [1.29, 1.82) is 0 Å². The summed E-state index contributed by atoms with van der Waals surface area (Å²) in [5, 5.41) is 7.81. The summed E-state index contributed by atoms with van der Waals surface area (Å²) in [4.78, 5) is 19.5. The van der Waals surface area contributed by atoms with Gasteiger partial charge in [-0.2, -0.15) is 0 Å². The fourth-order valence-corrected chi connectivity index (χ4v) is 2.48. The maximum Gasteiger partial charge on any atom is 0.221 e. The number of amides is 1. The average Bonchev–Trinajstić information content (AvgIpc) is 2.72. The normalized spacial score (nSPS) is 10.5. The highest BCUT2D eigenvalue weighted by Crippen LogP contribution is 2.28. The summed E-state index contributed by atoms with van der Waals surface area (Å²) in [7, 11) is 1.63. The predicted octanol–water partition coefficient (Wildman–Crippen LogP) is 1.55. The quantitative estimate of drug-likeness (QED) is 0.864. The molecule has 6 heteroatoms. The Hall–Kier alpha value is -1.69. The molecule has 0 atom stereocenters. The lowest BCUT2D eigenvalue weighted by Gasteiger charge is -2.05. The van der Waals surface area contributed by atoms with Crippen LogP contribution in [0.15, 0.2) is 11.7 Å². The van der Waals surface area contributed by atoms with Gasteiger partial charge >= 0.3 is 0 Å². The van der Waals surface area contributed by atoms with E-state index >= 15 is 0 Å². The molecule has 17 heavy (non-hydrogen) atoms. The molecule has 0 fully saturated rings. The molecule has 0 radical (unpaired) electrons. The molecule has 90 valence electrons. The zero-order chi connectivity index (χ0) is 12.3. The largest absolute Gasteiger partial charge is 0.368 e. The van der Waals surface area contributed by atoms with Crippen LogP contribution in [-0.2, 0) is 4.79 Å². The molecule has 0 aliphatic heterocycles. The third kappa shape index (κ3) is 2.52. The predicted molar refractivity (Wildman–Crippen MR) is 69.3 cm³/mol. The molecule has 2 heterocycles. The highest BCUT2D eigenvalue weighted by Gasteiger charge is 2.07. The van der Waals surface area contributed by atoms with Gasteiger partial charge in [0.2, 0.25) is 5.91 Å². The molecule has 0 spiro atoms. The Morgan fingerprint density at radius 2 is 2.29 bits per heavy atom. The van der Waals surface area contributed by atoms with Crippen LogP contribution < -0.4 is 10.6 Å². The minimum atomic E-state index is 0.0187. The second-order valence-electron chi connectivity index (χ2n) is 3.67. The number of nitrogens with zero attached hydrogens (tertiary/aromatic N) is 2. The summed E-state index contributed by atoms with van der Waals surface area (Å²) in [5.74, 6) is 0.821. The van der Waals surface area contributed by atoms with E-state index in [-0.39, 0.29) is 5.91 Å². The van der Waals surface area contributed by atoms with E-state index in [4.69, 9.17) is 0 Å². The smallest absolute Gasteiger partial charge is 0.221 e. The monoisotopic (exact) mass is 250 g/mol. The Morgan fingerprint density at radius 1 is 1.47 bits per heavy atom. The van der Waals surface area contributed by atoms with Crippen molar-refractivity contribution in [3.05, 3.63) is 17.3 Å². The zero-order valence-electron chi connectivity index (χ0n) is 9.78. The molecule has 0 aromatic carbocycles. The van der Waals surface area contributed by atoms with Crippen molar-refractivity contribution in [2.75, 3.05) is 18.9 Å². The van der Waals surface area contributed by atoms with E-state index in [1.165, 1.54) is 0 Å². The van der Waals surface area contributed by atoms with Crippen molar-refractivity contribution >= 4 is 33.3 Å². The van der Waals surface area contributed by atoms with Gasteiger partial charge in [-0.25, -0.2) is 9.97 Å². The van der Waals surface area contributed by atoms with Crippen molar-refractivity contribution in [3.63, 3.8) is 0 Å². The molecule has 5 nitrogen and oxygen atoms in total. The Bertz CT molecular complexity index is 537. The van der Waals surface area contributed by atoms with Crippen molar-refractivity contribution in [3.8, 4) is 0 Å². The molecule has 0 bridgehead atoms. The first kappa shape index (κ1) is 11.8. The van der Waals surface area contributed by atoms with Crippen molar-refractivity contribution in [2.24, 2.45) is 0 Å². The van der Waals surface area contributed by atoms with E-state index in [1.807, 2.05) is 6.92 Å². The van der Waals surface area contributed by atoms with Crippen LogP contribution >= 0.6 is 11.3 Å². The lowest BCUT2D eigenvalue weighted by molar-refractivity contribution is -0.120. The highest BCUT2D eigenvalue weighted by molar-refractivity contribution is 7.18. The molecular formula is C11H14N4OS. The number of hydrogen-bond donors (Lipinski definition) is 2. The van der Waals surface area contributed by atoms with E-state index in [0.29, 0.717) is 13.0 Å². The first-order valence-corrected chi connectivity index (χ1v) is 6.23. The minimum absolute atomic E-state index is 0.0187. The molecule has 0 unspecified atom stereocenters. The van der Waals surface area contributed by atoms with Crippen molar-refractivity contribution in [1.82, 2.24) is 15.3 Å². The number of aryl methyl sites for hydroxylation is 1. The lowest BCUT2D eigenvalue weighted by atomic mass is 10.3. The van der Waals surface area contributed by atoms with Gasteiger partial charge in [0.25, 0.3) is 0 Å². The third-order valence-corrected chi connectivity index (χ3v) is 3.55. The van der Waals surface area contributed by atoms with Gasteiger partial charge in [0.05, 0.1) is 10.2 Å². The van der Waals surface area contributed by atoms with E-state index < -0.39 is 0 Å². The Labute approximate surface area is 103 Å². The van der Waals surface area contributed by atoms with Gasteiger partial charge < -0.3 is 10.6 Å². The summed E-state index contributed by atoms with van der Waals surface area (Å²) >= 11 is 1.62. The summed E-state index contributed by atoms with van der Waals surface area (Å²) in [6.07, 6.45) is 1.98. The number of carbonyl (C=O) groups excluding carboxylic acids is 1. The highest BCUT2D eigenvalue weighted by atomic mass is 32.1. The number of thiophene rings is 1.